The Balaban J connectivity index is 2.22. The van der Waals surface area contributed by atoms with Gasteiger partial charge in [-0.2, -0.15) is 0 Å². The molecule has 1 N–H and O–H groups in total. The highest BCUT2D eigenvalue weighted by Gasteiger charge is 2.21. The maximum atomic E-state index is 10.9. The zero-order chi connectivity index (χ0) is 9.68. The van der Waals surface area contributed by atoms with Crippen molar-refractivity contribution in [3.8, 4) is 0 Å². The van der Waals surface area contributed by atoms with Crippen LogP contribution in [-0.4, -0.2) is 38.4 Å². The Hall–Kier alpha value is -0.610. The van der Waals surface area contributed by atoms with Crippen molar-refractivity contribution in [1.29, 1.82) is 0 Å². The molecule has 0 spiro atoms. The van der Waals surface area contributed by atoms with E-state index < -0.39 is 0 Å². The number of rotatable bonds is 3. The van der Waals surface area contributed by atoms with Gasteiger partial charge in [-0.05, 0) is 13.3 Å². The Morgan fingerprint density at radius 2 is 2.46 bits per heavy atom. The van der Waals surface area contributed by atoms with Crippen LogP contribution in [0, 0.1) is 0 Å². The minimum Gasteiger partial charge on any atom is -0.469 e. The maximum absolute atomic E-state index is 10.9. The molecule has 2 atom stereocenters. The molecule has 1 heterocycles. The topological polar surface area (TPSA) is 47.6 Å². The molecule has 1 aliphatic heterocycles. The molecular weight excluding hydrogens is 170 g/mol. The zero-order valence-corrected chi connectivity index (χ0v) is 8.21. The van der Waals surface area contributed by atoms with E-state index in [1.807, 2.05) is 6.92 Å². The predicted molar refractivity (Wildman–Crippen MR) is 48.5 cm³/mol. The number of hydrogen-bond donors (Lipinski definition) is 1. The van der Waals surface area contributed by atoms with Crippen LogP contribution in [-0.2, 0) is 14.3 Å². The van der Waals surface area contributed by atoms with E-state index in [-0.39, 0.29) is 18.1 Å². The summed E-state index contributed by atoms with van der Waals surface area (Å²) in [7, 11) is 1.41. The number of morpholine rings is 1. The second-order valence-corrected chi connectivity index (χ2v) is 3.25. The normalized spacial score (nSPS) is 28.5. The first-order chi connectivity index (χ1) is 6.24. The summed E-state index contributed by atoms with van der Waals surface area (Å²) in [5, 5.41) is 3.32. The Morgan fingerprint density at radius 1 is 1.69 bits per heavy atom. The van der Waals surface area contributed by atoms with Crippen molar-refractivity contribution in [2.75, 3.05) is 20.3 Å². The fourth-order valence-electron chi connectivity index (χ4n) is 1.48. The van der Waals surface area contributed by atoms with Crippen LogP contribution in [0.3, 0.4) is 0 Å². The van der Waals surface area contributed by atoms with Crippen molar-refractivity contribution in [1.82, 2.24) is 5.32 Å². The molecule has 0 amide bonds. The van der Waals surface area contributed by atoms with E-state index in [0.29, 0.717) is 6.42 Å². The lowest BCUT2D eigenvalue weighted by Crippen LogP contribution is -2.47. The molecule has 0 saturated carbocycles. The lowest BCUT2D eigenvalue weighted by Gasteiger charge is -2.30. The van der Waals surface area contributed by atoms with Gasteiger partial charge in [0.25, 0.3) is 0 Å². The Labute approximate surface area is 78.6 Å². The highest BCUT2D eigenvalue weighted by atomic mass is 16.5. The third-order valence-electron chi connectivity index (χ3n) is 2.34. The lowest BCUT2D eigenvalue weighted by atomic mass is 10.1. The number of esters is 1. The van der Waals surface area contributed by atoms with E-state index in [2.05, 4.69) is 10.1 Å². The number of carbonyl (C=O) groups excluding carboxylic acids is 1. The monoisotopic (exact) mass is 187 g/mol. The largest absolute Gasteiger partial charge is 0.469 e. The van der Waals surface area contributed by atoms with E-state index in [1.165, 1.54) is 7.11 Å². The van der Waals surface area contributed by atoms with Crippen molar-refractivity contribution in [2.45, 2.75) is 31.9 Å². The molecule has 2 unspecified atom stereocenters. The molecule has 1 saturated heterocycles. The van der Waals surface area contributed by atoms with Crippen LogP contribution in [0.4, 0.5) is 0 Å². The van der Waals surface area contributed by atoms with Crippen LogP contribution in [0.5, 0.6) is 0 Å². The van der Waals surface area contributed by atoms with Gasteiger partial charge in [0.2, 0.25) is 0 Å². The zero-order valence-electron chi connectivity index (χ0n) is 8.21. The van der Waals surface area contributed by atoms with E-state index in [0.717, 1.165) is 19.6 Å². The summed E-state index contributed by atoms with van der Waals surface area (Å²) in [6, 6.07) is 0.285. The van der Waals surface area contributed by atoms with Crippen LogP contribution < -0.4 is 5.32 Å². The summed E-state index contributed by atoms with van der Waals surface area (Å²) >= 11 is 0. The smallest absolute Gasteiger partial charge is 0.305 e. The van der Waals surface area contributed by atoms with E-state index in [1.54, 1.807) is 0 Å². The minimum absolute atomic E-state index is 0.153. The van der Waals surface area contributed by atoms with Gasteiger partial charge in [-0.25, -0.2) is 0 Å². The summed E-state index contributed by atoms with van der Waals surface area (Å²) in [6.07, 6.45) is 1.44. The van der Waals surface area contributed by atoms with Crippen LogP contribution in [0.1, 0.15) is 19.8 Å². The Bertz CT molecular complexity index is 172. The number of nitrogens with one attached hydrogen (secondary N) is 1. The summed E-state index contributed by atoms with van der Waals surface area (Å²) in [6.45, 7) is 3.65. The highest BCUT2D eigenvalue weighted by molar-refractivity contribution is 5.69. The van der Waals surface area contributed by atoms with Crippen molar-refractivity contribution in [3.05, 3.63) is 0 Å². The molecule has 0 aliphatic carbocycles. The average Bonchev–Trinajstić information content (AvgIpc) is 2.16. The van der Waals surface area contributed by atoms with Gasteiger partial charge < -0.3 is 14.8 Å². The number of carbonyl (C=O) groups is 1. The van der Waals surface area contributed by atoms with Crippen LogP contribution in [0.2, 0.25) is 0 Å². The first kappa shape index (κ1) is 10.5. The summed E-state index contributed by atoms with van der Waals surface area (Å²) in [5.41, 5.74) is 0. The molecule has 4 heteroatoms. The molecular formula is C9H17NO3. The predicted octanol–water partition coefficient (Wildman–Crippen LogP) is 0.316. The second-order valence-electron chi connectivity index (χ2n) is 3.25. The SMILES string of the molecule is COC(=O)CCC1NCCOC1C. The fraction of sp³-hybridized carbons (Fsp3) is 0.889. The number of ether oxygens (including phenoxy) is 2. The molecule has 0 bridgehead atoms. The molecule has 0 aromatic rings. The van der Waals surface area contributed by atoms with Crippen molar-refractivity contribution in [3.63, 3.8) is 0 Å². The highest BCUT2D eigenvalue weighted by Crippen LogP contribution is 2.09. The average molecular weight is 187 g/mol. The maximum Gasteiger partial charge on any atom is 0.305 e. The van der Waals surface area contributed by atoms with Gasteiger partial charge in [-0.15, -0.1) is 0 Å². The molecule has 76 valence electrons. The quantitative estimate of drug-likeness (QED) is 0.646. The molecule has 1 fully saturated rings. The summed E-state index contributed by atoms with van der Waals surface area (Å²) in [4.78, 5) is 10.9. The second kappa shape index (κ2) is 5.19. The molecule has 1 rings (SSSR count). The van der Waals surface area contributed by atoms with Crippen LogP contribution in [0.25, 0.3) is 0 Å². The van der Waals surface area contributed by atoms with E-state index >= 15 is 0 Å². The summed E-state index contributed by atoms with van der Waals surface area (Å²) < 4.78 is 10.0. The fourth-order valence-corrected chi connectivity index (χ4v) is 1.48. The minimum atomic E-state index is -0.153. The molecule has 1 aliphatic rings. The van der Waals surface area contributed by atoms with E-state index in [4.69, 9.17) is 4.74 Å². The molecule has 0 radical (unpaired) electrons. The molecule has 0 aromatic carbocycles. The van der Waals surface area contributed by atoms with Crippen LogP contribution in [0.15, 0.2) is 0 Å². The van der Waals surface area contributed by atoms with Gasteiger partial charge in [0, 0.05) is 19.0 Å². The van der Waals surface area contributed by atoms with Gasteiger partial charge in [-0.1, -0.05) is 0 Å². The molecule has 13 heavy (non-hydrogen) atoms. The lowest BCUT2D eigenvalue weighted by molar-refractivity contribution is -0.141. The van der Waals surface area contributed by atoms with Crippen molar-refractivity contribution >= 4 is 5.97 Å². The van der Waals surface area contributed by atoms with E-state index in [9.17, 15) is 4.79 Å². The number of methoxy groups -OCH3 is 1. The van der Waals surface area contributed by atoms with Gasteiger partial charge in [0.15, 0.2) is 0 Å². The molecule has 0 aromatic heterocycles. The van der Waals surface area contributed by atoms with Gasteiger partial charge >= 0.3 is 5.97 Å². The Morgan fingerprint density at radius 3 is 3.08 bits per heavy atom. The molecule has 4 nitrogen and oxygen atoms in total. The van der Waals surface area contributed by atoms with Gasteiger partial charge in [0.05, 0.1) is 19.8 Å². The Kier molecular flexibility index (Phi) is 4.18. The van der Waals surface area contributed by atoms with Gasteiger partial charge in [-0.3, -0.25) is 4.79 Å². The third-order valence-corrected chi connectivity index (χ3v) is 2.34. The first-order valence-corrected chi connectivity index (χ1v) is 4.66. The standard InChI is InChI=1S/C9H17NO3/c1-7-8(10-5-6-13-7)3-4-9(11)12-2/h7-8,10H,3-6H2,1-2H3. The van der Waals surface area contributed by atoms with Crippen molar-refractivity contribution in [2.24, 2.45) is 0 Å². The van der Waals surface area contributed by atoms with Crippen LogP contribution >= 0.6 is 0 Å². The third kappa shape index (κ3) is 3.32. The van der Waals surface area contributed by atoms with Gasteiger partial charge in [0.1, 0.15) is 0 Å². The van der Waals surface area contributed by atoms with Crippen molar-refractivity contribution < 1.29 is 14.3 Å². The summed E-state index contributed by atoms with van der Waals surface area (Å²) in [5.74, 6) is -0.153. The first-order valence-electron chi connectivity index (χ1n) is 4.66. The number of hydrogen-bond acceptors (Lipinski definition) is 4.